The van der Waals surface area contributed by atoms with Crippen LogP contribution >= 0.6 is 0 Å². The molecule has 0 saturated heterocycles. The van der Waals surface area contributed by atoms with Crippen LogP contribution in [0.2, 0.25) is 0 Å². The van der Waals surface area contributed by atoms with Crippen molar-refractivity contribution in [3.05, 3.63) is 82.9 Å². The van der Waals surface area contributed by atoms with Gasteiger partial charge in [-0.2, -0.15) is 0 Å². The second kappa shape index (κ2) is 8.36. The van der Waals surface area contributed by atoms with Crippen molar-refractivity contribution in [2.75, 3.05) is 0 Å². The van der Waals surface area contributed by atoms with Gasteiger partial charge in [0.1, 0.15) is 0 Å². The van der Waals surface area contributed by atoms with Crippen molar-refractivity contribution in [3.8, 4) is 22.3 Å². The Kier molecular flexibility index (Phi) is 5.93. The van der Waals surface area contributed by atoms with Gasteiger partial charge in [-0.25, -0.2) is 0 Å². The molecule has 0 spiro atoms. The number of aryl methyl sites for hydroxylation is 4. The van der Waals surface area contributed by atoms with E-state index in [0.29, 0.717) is 0 Å². The van der Waals surface area contributed by atoms with E-state index in [9.17, 15) is 0 Å². The maximum atomic E-state index is 2.47. The third kappa shape index (κ3) is 3.21. The molecule has 0 heteroatoms. The van der Waals surface area contributed by atoms with E-state index < -0.39 is 0 Å². The summed E-state index contributed by atoms with van der Waals surface area (Å²) in [5.74, 6) is 0. The standard InChI is InChI=1S/C22H18.2C2H6/c1-3-7-19-15(5-1)9-11-17-14-22-18(13-21(17)19)12-10-16-6-2-4-8-20(16)22;2*1-2/h1-8,13-14H,9-12H2;2*1-2H3. The first-order valence-corrected chi connectivity index (χ1v) is 10.2. The first kappa shape index (κ1) is 18.5. The SMILES string of the molecule is CC.CC.c1ccc2c(c1)CCc1cc3c(cc1-2)CCc1ccccc1-3. The fourth-order valence-corrected chi connectivity index (χ4v) is 4.15. The van der Waals surface area contributed by atoms with E-state index in [-0.39, 0.29) is 0 Å². The highest BCUT2D eigenvalue weighted by molar-refractivity contribution is 5.81. The molecule has 0 unspecified atom stereocenters. The fourth-order valence-electron chi connectivity index (χ4n) is 4.15. The van der Waals surface area contributed by atoms with Gasteiger partial charge in [-0.05, 0) is 70.2 Å². The monoisotopic (exact) mass is 342 g/mol. The topological polar surface area (TPSA) is 0 Å². The van der Waals surface area contributed by atoms with Crippen molar-refractivity contribution in [2.45, 2.75) is 53.4 Å². The predicted octanol–water partition coefficient (Wildman–Crippen LogP) is 7.27. The molecule has 2 aliphatic carbocycles. The zero-order chi connectivity index (χ0) is 18.5. The molecule has 0 bridgehead atoms. The Morgan fingerprint density at radius 3 is 1.19 bits per heavy atom. The summed E-state index contributed by atoms with van der Waals surface area (Å²) in [6, 6.07) is 22.8. The number of fused-ring (bicyclic) bond motifs is 6. The van der Waals surface area contributed by atoms with Crippen molar-refractivity contribution < 1.29 is 0 Å². The molecule has 0 heterocycles. The Bertz CT molecular complexity index is 811. The van der Waals surface area contributed by atoms with Crippen molar-refractivity contribution in [1.82, 2.24) is 0 Å². The summed E-state index contributed by atoms with van der Waals surface area (Å²) in [6.07, 6.45) is 4.68. The molecule has 0 aliphatic heterocycles. The molecule has 0 fully saturated rings. The Balaban J connectivity index is 0.000000461. The van der Waals surface area contributed by atoms with Gasteiger partial charge in [0.2, 0.25) is 0 Å². The lowest BCUT2D eigenvalue weighted by molar-refractivity contribution is 0.916. The van der Waals surface area contributed by atoms with Gasteiger partial charge in [-0.15, -0.1) is 0 Å². The molecule has 26 heavy (non-hydrogen) atoms. The van der Waals surface area contributed by atoms with Gasteiger partial charge >= 0.3 is 0 Å². The lowest BCUT2D eigenvalue weighted by Gasteiger charge is -2.26. The van der Waals surface area contributed by atoms with Crippen LogP contribution in [0.4, 0.5) is 0 Å². The molecule has 0 nitrogen and oxygen atoms in total. The quantitative estimate of drug-likeness (QED) is 0.403. The summed E-state index contributed by atoms with van der Waals surface area (Å²) in [5, 5.41) is 0. The van der Waals surface area contributed by atoms with Gasteiger partial charge in [-0.3, -0.25) is 0 Å². The van der Waals surface area contributed by atoms with E-state index in [1.54, 1.807) is 0 Å². The highest BCUT2D eigenvalue weighted by Crippen LogP contribution is 2.41. The number of hydrogen-bond donors (Lipinski definition) is 0. The number of benzene rings is 3. The Morgan fingerprint density at radius 1 is 0.423 bits per heavy atom. The van der Waals surface area contributed by atoms with Gasteiger partial charge in [0.05, 0.1) is 0 Å². The first-order valence-electron chi connectivity index (χ1n) is 10.2. The molecule has 2 aliphatic rings. The van der Waals surface area contributed by atoms with Crippen LogP contribution in [-0.4, -0.2) is 0 Å². The number of rotatable bonds is 0. The molecular formula is C26H30. The normalized spacial score (nSPS) is 12.8. The predicted molar refractivity (Wildman–Crippen MR) is 115 cm³/mol. The molecule has 3 aromatic carbocycles. The van der Waals surface area contributed by atoms with Gasteiger partial charge in [0, 0.05) is 0 Å². The molecule has 0 atom stereocenters. The molecule has 5 rings (SSSR count). The van der Waals surface area contributed by atoms with Crippen LogP contribution in [0, 0.1) is 0 Å². The van der Waals surface area contributed by atoms with Crippen molar-refractivity contribution in [1.29, 1.82) is 0 Å². The summed E-state index contributed by atoms with van der Waals surface area (Å²) in [5.41, 5.74) is 11.9. The lowest BCUT2D eigenvalue weighted by atomic mass is 9.78. The lowest BCUT2D eigenvalue weighted by Crippen LogP contribution is -2.09. The minimum absolute atomic E-state index is 1.17. The van der Waals surface area contributed by atoms with Crippen molar-refractivity contribution in [2.24, 2.45) is 0 Å². The third-order valence-corrected chi connectivity index (χ3v) is 5.27. The molecule has 0 radical (unpaired) electrons. The second-order valence-corrected chi connectivity index (χ2v) is 6.48. The third-order valence-electron chi connectivity index (χ3n) is 5.27. The maximum Gasteiger partial charge on any atom is -0.0146 e. The average Bonchev–Trinajstić information content (AvgIpc) is 2.75. The minimum Gasteiger partial charge on any atom is -0.0683 e. The molecule has 3 aromatic rings. The smallest absolute Gasteiger partial charge is 0.0146 e. The molecule has 134 valence electrons. The number of hydrogen-bond acceptors (Lipinski definition) is 0. The molecular weight excluding hydrogens is 312 g/mol. The van der Waals surface area contributed by atoms with Crippen molar-refractivity contribution in [3.63, 3.8) is 0 Å². The van der Waals surface area contributed by atoms with E-state index in [1.165, 1.54) is 70.2 Å². The minimum atomic E-state index is 1.17. The molecule has 0 saturated carbocycles. The van der Waals surface area contributed by atoms with E-state index in [2.05, 4.69) is 60.7 Å². The van der Waals surface area contributed by atoms with E-state index in [1.807, 2.05) is 27.7 Å². The maximum absolute atomic E-state index is 2.47. The summed E-state index contributed by atoms with van der Waals surface area (Å²) >= 11 is 0. The van der Waals surface area contributed by atoms with Crippen LogP contribution in [0.5, 0.6) is 0 Å². The van der Waals surface area contributed by atoms with E-state index in [0.717, 1.165) is 0 Å². The van der Waals surface area contributed by atoms with Crippen LogP contribution < -0.4 is 0 Å². The van der Waals surface area contributed by atoms with Crippen LogP contribution in [0.3, 0.4) is 0 Å². The average molecular weight is 343 g/mol. The van der Waals surface area contributed by atoms with Gasteiger partial charge < -0.3 is 0 Å². The Morgan fingerprint density at radius 2 is 0.769 bits per heavy atom. The van der Waals surface area contributed by atoms with Crippen LogP contribution in [0.1, 0.15) is 49.9 Å². The Labute approximate surface area is 158 Å². The van der Waals surface area contributed by atoms with E-state index in [4.69, 9.17) is 0 Å². The fraction of sp³-hybridized carbons (Fsp3) is 0.308. The van der Waals surface area contributed by atoms with Gasteiger partial charge in [0.25, 0.3) is 0 Å². The molecule has 0 amide bonds. The summed E-state index contributed by atoms with van der Waals surface area (Å²) in [6.45, 7) is 8.00. The zero-order valence-electron chi connectivity index (χ0n) is 16.6. The van der Waals surface area contributed by atoms with Crippen LogP contribution in [0.25, 0.3) is 22.3 Å². The molecule has 0 N–H and O–H groups in total. The summed E-state index contributed by atoms with van der Waals surface area (Å²) in [7, 11) is 0. The largest absolute Gasteiger partial charge is 0.0683 e. The van der Waals surface area contributed by atoms with Crippen LogP contribution in [-0.2, 0) is 25.7 Å². The summed E-state index contributed by atoms with van der Waals surface area (Å²) in [4.78, 5) is 0. The second-order valence-electron chi connectivity index (χ2n) is 6.48. The van der Waals surface area contributed by atoms with Gasteiger partial charge in [-0.1, -0.05) is 88.4 Å². The highest BCUT2D eigenvalue weighted by atomic mass is 14.3. The summed E-state index contributed by atoms with van der Waals surface area (Å²) < 4.78 is 0. The van der Waals surface area contributed by atoms with Crippen LogP contribution in [0.15, 0.2) is 60.7 Å². The zero-order valence-corrected chi connectivity index (χ0v) is 16.6. The van der Waals surface area contributed by atoms with Gasteiger partial charge in [0.15, 0.2) is 0 Å². The molecule has 0 aromatic heterocycles. The Hall–Kier alpha value is -2.34. The highest BCUT2D eigenvalue weighted by Gasteiger charge is 2.21. The van der Waals surface area contributed by atoms with Crippen molar-refractivity contribution >= 4 is 0 Å². The van der Waals surface area contributed by atoms with E-state index >= 15 is 0 Å². The first-order chi connectivity index (χ1) is 12.9.